The van der Waals surface area contributed by atoms with Gasteiger partial charge in [-0.3, -0.25) is 25.2 Å². The van der Waals surface area contributed by atoms with Crippen molar-refractivity contribution in [1.82, 2.24) is 10.6 Å². The molecule has 0 aromatic heterocycles. The first kappa shape index (κ1) is 11.7. The number of carbonyl (C=O) groups is 3. The number of nitrogens with zero attached hydrogens (tertiary/aromatic N) is 1. The van der Waals surface area contributed by atoms with E-state index in [1.165, 1.54) is 6.21 Å². The molecule has 17 heavy (non-hydrogen) atoms. The summed E-state index contributed by atoms with van der Waals surface area (Å²) in [4.78, 5) is 37.5. The minimum atomic E-state index is -1.03. The number of urea groups is 1. The van der Waals surface area contributed by atoms with Crippen molar-refractivity contribution in [2.75, 3.05) is 13.2 Å². The van der Waals surface area contributed by atoms with Crippen LogP contribution in [0.2, 0.25) is 0 Å². The van der Waals surface area contributed by atoms with E-state index in [1.807, 2.05) is 10.6 Å². The Morgan fingerprint density at radius 3 is 2.59 bits per heavy atom. The molecule has 0 aromatic carbocycles. The lowest BCUT2D eigenvalue weighted by molar-refractivity contribution is -0.132. The van der Waals surface area contributed by atoms with Crippen molar-refractivity contribution >= 4 is 24.1 Å². The second-order valence-corrected chi connectivity index (χ2v) is 3.93. The van der Waals surface area contributed by atoms with Crippen molar-refractivity contribution in [3.8, 4) is 0 Å². The highest BCUT2D eigenvalue weighted by Crippen LogP contribution is 2.11. The first-order valence-corrected chi connectivity index (χ1v) is 5.44. The Bertz CT molecular complexity index is 354. The highest BCUT2D eigenvalue weighted by molar-refractivity contribution is 6.23. The van der Waals surface area contributed by atoms with Crippen LogP contribution in [0.4, 0.5) is 4.79 Å². The van der Waals surface area contributed by atoms with Gasteiger partial charge >= 0.3 is 6.03 Å². The molecule has 0 spiro atoms. The van der Waals surface area contributed by atoms with Gasteiger partial charge in [0.1, 0.15) is 0 Å². The standard InChI is InChI=1S/C10H13N3O4/c14-8-7(9(15)13-10(16)12-8)5-11-4-6-2-1-3-17-6/h5-7H,1-4H2,(H2,12,13,14,15,16)/t6-/m1/s1. The maximum absolute atomic E-state index is 11.3. The minimum Gasteiger partial charge on any atom is -0.376 e. The van der Waals surface area contributed by atoms with Crippen LogP contribution in [0, 0.1) is 5.92 Å². The maximum atomic E-state index is 11.3. The fourth-order valence-corrected chi connectivity index (χ4v) is 1.74. The van der Waals surface area contributed by atoms with Gasteiger partial charge in [-0.25, -0.2) is 4.79 Å². The molecule has 2 N–H and O–H groups in total. The summed E-state index contributed by atoms with van der Waals surface area (Å²) in [6, 6.07) is -0.788. The summed E-state index contributed by atoms with van der Waals surface area (Å²) < 4.78 is 5.34. The summed E-state index contributed by atoms with van der Waals surface area (Å²) in [5.41, 5.74) is 0. The predicted molar refractivity (Wildman–Crippen MR) is 57.5 cm³/mol. The number of hydrogen-bond acceptors (Lipinski definition) is 5. The Balaban J connectivity index is 1.88. The van der Waals surface area contributed by atoms with Gasteiger partial charge in [-0.15, -0.1) is 0 Å². The van der Waals surface area contributed by atoms with Crippen molar-refractivity contribution in [1.29, 1.82) is 0 Å². The number of rotatable bonds is 3. The zero-order chi connectivity index (χ0) is 12.3. The van der Waals surface area contributed by atoms with Gasteiger partial charge in [0.05, 0.1) is 12.6 Å². The molecular weight excluding hydrogens is 226 g/mol. The Labute approximate surface area is 97.6 Å². The van der Waals surface area contributed by atoms with Crippen molar-refractivity contribution in [3.05, 3.63) is 0 Å². The Morgan fingerprint density at radius 2 is 2.00 bits per heavy atom. The normalized spacial score (nSPS) is 26.4. The number of carbonyl (C=O) groups excluding carboxylic acids is 3. The fraction of sp³-hybridized carbons (Fsp3) is 0.600. The van der Waals surface area contributed by atoms with E-state index in [0.717, 1.165) is 19.4 Å². The average Bonchev–Trinajstić information content (AvgIpc) is 2.74. The third kappa shape index (κ3) is 2.88. The van der Waals surface area contributed by atoms with Gasteiger partial charge in [0.15, 0.2) is 5.92 Å². The van der Waals surface area contributed by atoms with E-state index >= 15 is 0 Å². The van der Waals surface area contributed by atoms with Crippen LogP contribution in [0.3, 0.4) is 0 Å². The van der Waals surface area contributed by atoms with Crippen LogP contribution in [-0.2, 0) is 14.3 Å². The molecule has 0 bridgehead atoms. The lowest BCUT2D eigenvalue weighted by atomic mass is 10.1. The first-order chi connectivity index (χ1) is 8.16. The molecule has 0 radical (unpaired) electrons. The number of barbiturate groups is 1. The number of nitrogens with one attached hydrogen (secondary N) is 2. The smallest absolute Gasteiger partial charge is 0.328 e. The van der Waals surface area contributed by atoms with Crippen molar-refractivity contribution in [2.24, 2.45) is 10.9 Å². The summed E-state index contributed by atoms with van der Waals surface area (Å²) in [6.07, 6.45) is 3.29. The molecule has 2 aliphatic rings. The molecule has 4 amide bonds. The Kier molecular flexibility index (Phi) is 3.48. The van der Waals surface area contributed by atoms with Crippen LogP contribution in [0.15, 0.2) is 4.99 Å². The molecular formula is C10H13N3O4. The molecule has 2 heterocycles. The van der Waals surface area contributed by atoms with Crippen LogP contribution >= 0.6 is 0 Å². The summed E-state index contributed by atoms with van der Waals surface area (Å²) >= 11 is 0. The van der Waals surface area contributed by atoms with Crippen LogP contribution in [-0.4, -0.2) is 43.3 Å². The third-order valence-electron chi connectivity index (χ3n) is 2.63. The van der Waals surface area contributed by atoms with Crippen LogP contribution in [0.5, 0.6) is 0 Å². The average molecular weight is 239 g/mol. The molecule has 2 saturated heterocycles. The molecule has 1 atom stereocenters. The number of amides is 4. The Morgan fingerprint density at radius 1 is 1.29 bits per heavy atom. The van der Waals surface area contributed by atoms with Gasteiger partial charge in [0.25, 0.3) is 0 Å². The van der Waals surface area contributed by atoms with Crippen LogP contribution < -0.4 is 10.6 Å². The van der Waals surface area contributed by atoms with E-state index in [9.17, 15) is 14.4 Å². The number of imide groups is 2. The lowest BCUT2D eigenvalue weighted by Crippen LogP contribution is -2.56. The maximum Gasteiger partial charge on any atom is 0.328 e. The van der Waals surface area contributed by atoms with E-state index in [4.69, 9.17) is 4.74 Å². The first-order valence-electron chi connectivity index (χ1n) is 5.44. The molecule has 2 rings (SSSR count). The van der Waals surface area contributed by atoms with Gasteiger partial charge < -0.3 is 4.74 Å². The summed E-state index contributed by atoms with van der Waals surface area (Å²) in [7, 11) is 0. The van der Waals surface area contributed by atoms with E-state index in [2.05, 4.69) is 4.99 Å². The minimum absolute atomic E-state index is 0.0718. The zero-order valence-electron chi connectivity index (χ0n) is 9.14. The van der Waals surface area contributed by atoms with Gasteiger partial charge in [0, 0.05) is 12.8 Å². The second-order valence-electron chi connectivity index (χ2n) is 3.93. The molecule has 2 fully saturated rings. The molecule has 0 aromatic rings. The monoisotopic (exact) mass is 239 g/mol. The SMILES string of the molecule is O=C1NC(=O)C(C=NC[C@H]2CCCO2)C(=O)N1. The summed E-state index contributed by atoms with van der Waals surface area (Å²) in [5.74, 6) is -2.32. The van der Waals surface area contributed by atoms with Crippen molar-refractivity contribution < 1.29 is 19.1 Å². The Hall–Kier alpha value is -1.76. The molecule has 0 saturated carbocycles. The van der Waals surface area contributed by atoms with E-state index in [-0.39, 0.29) is 6.10 Å². The molecule has 2 aliphatic heterocycles. The highest BCUT2D eigenvalue weighted by atomic mass is 16.5. The number of ether oxygens (including phenoxy) is 1. The molecule has 7 heteroatoms. The van der Waals surface area contributed by atoms with E-state index in [1.54, 1.807) is 0 Å². The number of hydrogen-bond donors (Lipinski definition) is 2. The van der Waals surface area contributed by atoms with E-state index in [0.29, 0.717) is 6.54 Å². The lowest BCUT2D eigenvalue weighted by Gasteiger charge is -2.17. The van der Waals surface area contributed by atoms with Gasteiger partial charge in [0.2, 0.25) is 11.8 Å². The van der Waals surface area contributed by atoms with Crippen LogP contribution in [0.25, 0.3) is 0 Å². The second kappa shape index (κ2) is 5.05. The van der Waals surface area contributed by atoms with Gasteiger partial charge in [-0.2, -0.15) is 0 Å². The molecule has 7 nitrogen and oxygen atoms in total. The quantitative estimate of drug-likeness (QED) is 0.498. The van der Waals surface area contributed by atoms with Crippen LogP contribution in [0.1, 0.15) is 12.8 Å². The predicted octanol–water partition coefficient (Wildman–Crippen LogP) is -0.782. The fourth-order valence-electron chi connectivity index (χ4n) is 1.74. The summed E-state index contributed by atoms with van der Waals surface area (Å²) in [5, 5.41) is 4.01. The molecule has 0 unspecified atom stereocenters. The third-order valence-corrected chi connectivity index (χ3v) is 2.63. The number of aliphatic imine (C=N–C) groups is 1. The largest absolute Gasteiger partial charge is 0.376 e. The zero-order valence-corrected chi connectivity index (χ0v) is 9.14. The van der Waals surface area contributed by atoms with Gasteiger partial charge in [-0.05, 0) is 12.8 Å². The highest BCUT2D eigenvalue weighted by Gasteiger charge is 2.32. The molecule has 0 aliphatic carbocycles. The topological polar surface area (TPSA) is 96.9 Å². The van der Waals surface area contributed by atoms with Crippen molar-refractivity contribution in [3.63, 3.8) is 0 Å². The van der Waals surface area contributed by atoms with Gasteiger partial charge in [-0.1, -0.05) is 0 Å². The molecule has 92 valence electrons. The summed E-state index contributed by atoms with van der Waals surface area (Å²) in [6.45, 7) is 1.17. The van der Waals surface area contributed by atoms with E-state index < -0.39 is 23.8 Å². The van der Waals surface area contributed by atoms with Crippen molar-refractivity contribution in [2.45, 2.75) is 18.9 Å².